The molecule has 6 nitrogen and oxygen atoms in total. The first-order valence-electron chi connectivity index (χ1n) is 8.59. The Bertz CT molecular complexity index is 1120. The minimum atomic E-state index is -1.52. The molecule has 3 aromatic rings. The number of halogens is 3. The molecule has 0 spiro atoms. The summed E-state index contributed by atoms with van der Waals surface area (Å²) in [7, 11) is 0. The molecule has 148 valence electrons. The molecule has 0 bridgehead atoms. The van der Waals surface area contributed by atoms with Gasteiger partial charge in [-0.15, -0.1) is 0 Å². The molecule has 2 heterocycles. The Hall–Kier alpha value is -3.26. The highest BCUT2D eigenvalue weighted by atomic mass is 35.5. The first kappa shape index (κ1) is 19.1. The monoisotopic (exact) mass is 417 g/mol. The number of urea groups is 1. The topological polar surface area (TPSA) is 75.4 Å². The summed E-state index contributed by atoms with van der Waals surface area (Å²) < 4.78 is 32.1. The summed E-state index contributed by atoms with van der Waals surface area (Å²) in [4.78, 5) is 26.2. The minimum Gasteiger partial charge on any atom is -0.359 e. The smallest absolute Gasteiger partial charge is 0.325 e. The summed E-state index contributed by atoms with van der Waals surface area (Å²) >= 11 is 5.87. The Morgan fingerprint density at radius 1 is 1.10 bits per heavy atom. The van der Waals surface area contributed by atoms with Gasteiger partial charge in [0.15, 0.2) is 17.4 Å². The maximum atomic E-state index is 13.6. The lowest BCUT2D eigenvalue weighted by molar-refractivity contribution is -0.131. The molecule has 1 aliphatic rings. The predicted octanol–water partition coefficient (Wildman–Crippen LogP) is 4.24. The second kappa shape index (κ2) is 6.97. The van der Waals surface area contributed by atoms with E-state index in [1.807, 2.05) is 0 Å². The zero-order valence-electron chi connectivity index (χ0n) is 15.1. The number of carbonyl (C=O) groups is 2. The first-order valence-corrected chi connectivity index (χ1v) is 8.97. The average Bonchev–Trinajstić information content (AvgIpc) is 3.24. The van der Waals surface area contributed by atoms with Crippen LogP contribution >= 0.6 is 11.6 Å². The van der Waals surface area contributed by atoms with E-state index in [0.29, 0.717) is 10.7 Å². The molecule has 1 fully saturated rings. The van der Waals surface area contributed by atoms with Gasteiger partial charge in [0.05, 0.1) is 6.54 Å². The third-order valence-corrected chi connectivity index (χ3v) is 5.04. The fourth-order valence-corrected chi connectivity index (χ4v) is 3.27. The van der Waals surface area contributed by atoms with Gasteiger partial charge >= 0.3 is 6.03 Å². The van der Waals surface area contributed by atoms with Crippen molar-refractivity contribution in [1.29, 1.82) is 0 Å². The fraction of sp³-hybridized carbons (Fsp3) is 0.150. The highest BCUT2D eigenvalue weighted by molar-refractivity contribution is 6.30. The van der Waals surface area contributed by atoms with Gasteiger partial charge in [0.25, 0.3) is 5.91 Å². The molecular formula is C20H14ClF2N3O3. The molecule has 0 aliphatic carbocycles. The van der Waals surface area contributed by atoms with Crippen molar-refractivity contribution < 1.29 is 22.9 Å². The van der Waals surface area contributed by atoms with Crippen LogP contribution in [-0.2, 0) is 16.9 Å². The summed E-state index contributed by atoms with van der Waals surface area (Å²) in [5.74, 6) is -2.47. The van der Waals surface area contributed by atoms with Crippen LogP contribution in [0, 0.1) is 11.6 Å². The second-order valence-electron chi connectivity index (χ2n) is 6.76. The van der Waals surface area contributed by atoms with Crippen LogP contribution in [0.25, 0.3) is 11.3 Å². The number of imide groups is 1. The largest absolute Gasteiger partial charge is 0.359 e. The summed E-state index contributed by atoms with van der Waals surface area (Å²) in [6.07, 6.45) is 0. The van der Waals surface area contributed by atoms with Crippen molar-refractivity contribution in [2.24, 2.45) is 0 Å². The first-order chi connectivity index (χ1) is 13.8. The molecule has 0 saturated carbocycles. The molecular weight excluding hydrogens is 404 g/mol. The molecule has 3 amide bonds. The van der Waals surface area contributed by atoms with Gasteiger partial charge in [0.2, 0.25) is 0 Å². The molecule has 1 atom stereocenters. The Labute approximate surface area is 169 Å². The number of amides is 3. The van der Waals surface area contributed by atoms with Crippen LogP contribution in [0.4, 0.5) is 13.6 Å². The van der Waals surface area contributed by atoms with Gasteiger partial charge in [-0.25, -0.2) is 13.6 Å². The van der Waals surface area contributed by atoms with E-state index < -0.39 is 29.1 Å². The van der Waals surface area contributed by atoms with Gasteiger partial charge < -0.3 is 9.84 Å². The molecule has 1 N–H and O–H groups in total. The van der Waals surface area contributed by atoms with Crippen molar-refractivity contribution in [3.05, 3.63) is 76.5 Å². The normalized spacial score (nSPS) is 19.0. The zero-order valence-corrected chi connectivity index (χ0v) is 15.8. The number of carbonyl (C=O) groups excluding carboxylic acids is 2. The van der Waals surface area contributed by atoms with Crippen molar-refractivity contribution in [2.75, 3.05) is 0 Å². The van der Waals surface area contributed by atoms with E-state index in [2.05, 4.69) is 10.5 Å². The quantitative estimate of drug-likeness (QED) is 0.644. The summed E-state index contributed by atoms with van der Waals surface area (Å²) in [5.41, 5.74) is -0.109. The van der Waals surface area contributed by atoms with Gasteiger partial charge in [0, 0.05) is 16.7 Å². The molecule has 0 radical (unpaired) electrons. The Morgan fingerprint density at radius 2 is 1.83 bits per heavy atom. The van der Waals surface area contributed by atoms with E-state index in [-0.39, 0.29) is 17.9 Å². The Balaban J connectivity index is 1.57. The lowest BCUT2D eigenvalue weighted by Gasteiger charge is -2.22. The lowest BCUT2D eigenvalue weighted by atomic mass is 9.92. The molecule has 2 aromatic carbocycles. The molecule has 1 aromatic heterocycles. The van der Waals surface area contributed by atoms with Crippen LogP contribution in [0.15, 0.2) is 53.1 Å². The van der Waals surface area contributed by atoms with Crippen LogP contribution in [-0.4, -0.2) is 22.0 Å². The molecule has 9 heteroatoms. The number of nitrogens with one attached hydrogen (secondary N) is 1. The molecule has 4 rings (SSSR count). The van der Waals surface area contributed by atoms with Gasteiger partial charge in [-0.1, -0.05) is 35.0 Å². The summed E-state index contributed by atoms with van der Waals surface area (Å²) in [6.45, 7) is 1.27. The zero-order chi connectivity index (χ0) is 20.8. The highest BCUT2D eigenvalue weighted by Crippen LogP contribution is 2.31. The van der Waals surface area contributed by atoms with Gasteiger partial charge in [-0.2, -0.15) is 0 Å². The lowest BCUT2D eigenvalue weighted by Crippen LogP contribution is -2.41. The molecule has 1 saturated heterocycles. The Morgan fingerprint density at radius 3 is 2.52 bits per heavy atom. The van der Waals surface area contributed by atoms with E-state index in [1.165, 1.54) is 13.0 Å². The molecule has 1 unspecified atom stereocenters. The van der Waals surface area contributed by atoms with E-state index in [1.54, 1.807) is 30.3 Å². The van der Waals surface area contributed by atoms with E-state index in [4.69, 9.17) is 16.1 Å². The fourth-order valence-electron chi connectivity index (χ4n) is 3.14. The maximum absolute atomic E-state index is 13.6. The van der Waals surface area contributed by atoms with E-state index >= 15 is 0 Å². The van der Waals surface area contributed by atoms with E-state index in [0.717, 1.165) is 22.6 Å². The van der Waals surface area contributed by atoms with Gasteiger partial charge in [-0.3, -0.25) is 9.69 Å². The predicted molar refractivity (Wildman–Crippen MR) is 99.7 cm³/mol. The van der Waals surface area contributed by atoms with Gasteiger partial charge in [-0.05, 0) is 36.8 Å². The SMILES string of the molecule is CC1(c2ccc(F)c(F)c2)NC(=O)N(Cc2cc(-c3ccc(Cl)cc3)no2)C1=O. The number of benzene rings is 2. The Kier molecular flexibility index (Phi) is 4.58. The van der Waals surface area contributed by atoms with Crippen LogP contribution in [0.2, 0.25) is 5.02 Å². The number of nitrogens with zero attached hydrogens (tertiary/aromatic N) is 2. The third kappa shape index (κ3) is 3.36. The highest BCUT2D eigenvalue weighted by Gasteiger charge is 2.49. The standard InChI is InChI=1S/C20H14ClF2N3O3/c1-20(12-4-7-15(22)16(23)8-12)18(27)26(19(28)24-20)10-14-9-17(25-29-14)11-2-5-13(21)6-3-11/h2-9H,10H2,1H3,(H,24,28). The maximum Gasteiger partial charge on any atom is 0.325 e. The van der Waals surface area contributed by atoms with Crippen molar-refractivity contribution in [1.82, 2.24) is 15.4 Å². The van der Waals surface area contributed by atoms with Crippen LogP contribution in [0.3, 0.4) is 0 Å². The van der Waals surface area contributed by atoms with E-state index in [9.17, 15) is 18.4 Å². The summed E-state index contributed by atoms with van der Waals surface area (Å²) in [5, 5.41) is 7.05. The number of hydrogen-bond acceptors (Lipinski definition) is 4. The number of hydrogen-bond donors (Lipinski definition) is 1. The number of rotatable bonds is 4. The van der Waals surface area contributed by atoms with Crippen molar-refractivity contribution in [2.45, 2.75) is 19.0 Å². The molecule has 1 aliphatic heterocycles. The number of aromatic nitrogens is 1. The van der Waals surface area contributed by atoms with Crippen molar-refractivity contribution >= 4 is 23.5 Å². The van der Waals surface area contributed by atoms with Gasteiger partial charge in [0.1, 0.15) is 11.2 Å². The van der Waals surface area contributed by atoms with Crippen LogP contribution in [0.5, 0.6) is 0 Å². The van der Waals surface area contributed by atoms with Crippen LogP contribution in [0.1, 0.15) is 18.2 Å². The minimum absolute atomic E-state index is 0.136. The average molecular weight is 418 g/mol. The van der Waals surface area contributed by atoms with Crippen molar-refractivity contribution in [3.8, 4) is 11.3 Å². The second-order valence-corrected chi connectivity index (χ2v) is 7.20. The van der Waals surface area contributed by atoms with Crippen LogP contribution < -0.4 is 5.32 Å². The summed E-state index contributed by atoms with van der Waals surface area (Å²) in [6, 6.07) is 10.9. The third-order valence-electron chi connectivity index (χ3n) is 4.78. The molecule has 29 heavy (non-hydrogen) atoms. The van der Waals surface area contributed by atoms with Crippen molar-refractivity contribution in [3.63, 3.8) is 0 Å².